The van der Waals surface area contributed by atoms with E-state index in [4.69, 9.17) is 23.2 Å². The van der Waals surface area contributed by atoms with Crippen molar-refractivity contribution in [1.29, 1.82) is 0 Å². The molecule has 0 radical (unpaired) electrons. The van der Waals surface area contributed by atoms with Crippen molar-refractivity contribution in [3.63, 3.8) is 0 Å². The second-order valence-corrected chi connectivity index (χ2v) is 5.18. The molecule has 0 fully saturated rings. The third-order valence-electron chi connectivity index (χ3n) is 2.70. The molecular weight excluding hydrogens is 330 g/mol. The van der Waals surface area contributed by atoms with E-state index in [1.165, 1.54) is 24.3 Å². The number of benzene rings is 2. The molecule has 0 bridgehead atoms. The predicted molar refractivity (Wildman–Crippen MR) is 83.8 cm³/mol. The number of halogens is 3. The molecule has 0 aliphatic carbocycles. The lowest BCUT2D eigenvalue weighted by atomic mass is 10.2. The standard InChI is InChI=1S/C15H11Cl2FN2O2/c16-12-5-4-11(7-13(12)17)20-14(21)8-19-15(22)9-2-1-3-10(18)6-9/h1-7H,8H2,(H,19,22)(H,20,21). The van der Waals surface area contributed by atoms with E-state index in [0.717, 1.165) is 6.07 Å². The van der Waals surface area contributed by atoms with Gasteiger partial charge in [-0.2, -0.15) is 0 Å². The maximum Gasteiger partial charge on any atom is 0.251 e. The molecule has 2 N–H and O–H groups in total. The van der Waals surface area contributed by atoms with Crippen molar-refractivity contribution in [1.82, 2.24) is 5.32 Å². The summed E-state index contributed by atoms with van der Waals surface area (Å²) in [6, 6.07) is 9.82. The molecule has 4 nitrogen and oxygen atoms in total. The first kappa shape index (κ1) is 16.3. The van der Waals surface area contributed by atoms with Crippen LogP contribution in [0.4, 0.5) is 10.1 Å². The molecule has 0 saturated heterocycles. The summed E-state index contributed by atoms with van der Waals surface area (Å²) in [6.45, 7) is -0.254. The quantitative estimate of drug-likeness (QED) is 0.894. The average Bonchev–Trinajstić information content (AvgIpc) is 2.48. The molecule has 0 atom stereocenters. The van der Waals surface area contributed by atoms with Gasteiger partial charge in [-0.1, -0.05) is 29.3 Å². The monoisotopic (exact) mass is 340 g/mol. The Hall–Kier alpha value is -2.11. The maximum absolute atomic E-state index is 13.0. The summed E-state index contributed by atoms with van der Waals surface area (Å²) in [5.41, 5.74) is 0.599. The fraction of sp³-hybridized carbons (Fsp3) is 0.0667. The number of hydrogen-bond donors (Lipinski definition) is 2. The van der Waals surface area contributed by atoms with E-state index in [2.05, 4.69) is 10.6 Å². The lowest BCUT2D eigenvalue weighted by Gasteiger charge is -2.08. The Balaban J connectivity index is 1.90. The third-order valence-corrected chi connectivity index (χ3v) is 3.44. The minimum absolute atomic E-state index is 0.141. The first-order valence-electron chi connectivity index (χ1n) is 6.24. The normalized spacial score (nSPS) is 10.1. The summed E-state index contributed by atoms with van der Waals surface area (Å²) >= 11 is 11.6. The number of rotatable bonds is 4. The smallest absolute Gasteiger partial charge is 0.251 e. The van der Waals surface area contributed by atoms with Crippen LogP contribution in [0.15, 0.2) is 42.5 Å². The molecule has 2 rings (SSSR count). The van der Waals surface area contributed by atoms with E-state index >= 15 is 0 Å². The van der Waals surface area contributed by atoms with Crippen LogP contribution in [0.2, 0.25) is 10.0 Å². The lowest BCUT2D eigenvalue weighted by molar-refractivity contribution is -0.115. The molecule has 0 aromatic heterocycles. The molecule has 2 aromatic carbocycles. The van der Waals surface area contributed by atoms with Crippen molar-refractivity contribution in [2.45, 2.75) is 0 Å². The van der Waals surface area contributed by atoms with Gasteiger partial charge in [-0.3, -0.25) is 9.59 Å². The van der Waals surface area contributed by atoms with Gasteiger partial charge in [0.05, 0.1) is 16.6 Å². The first-order valence-corrected chi connectivity index (χ1v) is 7.00. The second-order valence-electron chi connectivity index (χ2n) is 4.37. The zero-order valence-corrected chi connectivity index (χ0v) is 12.7. The Morgan fingerprint density at radius 2 is 1.82 bits per heavy atom. The summed E-state index contributed by atoms with van der Waals surface area (Å²) < 4.78 is 13.0. The van der Waals surface area contributed by atoms with Gasteiger partial charge in [-0.25, -0.2) is 4.39 Å². The Labute approximate surface area is 136 Å². The van der Waals surface area contributed by atoms with Crippen LogP contribution in [-0.2, 0) is 4.79 Å². The molecule has 114 valence electrons. The van der Waals surface area contributed by atoms with Crippen LogP contribution >= 0.6 is 23.2 Å². The zero-order chi connectivity index (χ0) is 16.1. The number of hydrogen-bond acceptors (Lipinski definition) is 2. The Morgan fingerprint density at radius 3 is 2.50 bits per heavy atom. The van der Waals surface area contributed by atoms with Gasteiger partial charge in [0, 0.05) is 11.3 Å². The maximum atomic E-state index is 13.0. The minimum atomic E-state index is -0.538. The van der Waals surface area contributed by atoms with Gasteiger partial charge in [0.15, 0.2) is 0 Å². The molecule has 0 spiro atoms. The van der Waals surface area contributed by atoms with Crippen LogP contribution in [0.25, 0.3) is 0 Å². The van der Waals surface area contributed by atoms with Gasteiger partial charge < -0.3 is 10.6 Å². The van der Waals surface area contributed by atoms with Crippen LogP contribution in [-0.4, -0.2) is 18.4 Å². The summed E-state index contributed by atoms with van der Waals surface area (Å²) in [6.07, 6.45) is 0. The molecule has 2 aromatic rings. The topological polar surface area (TPSA) is 58.2 Å². The van der Waals surface area contributed by atoms with Crippen LogP contribution in [0, 0.1) is 5.82 Å². The summed E-state index contributed by atoms with van der Waals surface area (Å²) in [5.74, 6) is -1.50. The van der Waals surface area contributed by atoms with Crippen LogP contribution < -0.4 is 10.6 Å². The molecule has 2 amide bonds. The summed E-state index contributed by atoms with van der Waals surface area (Å²) in [5, 5.41) is 5.64. The highest BCUT2D eigenvalue weighted by Gasteiger charge is 2.09. The molecular formula is C15H11Cl2FN2O2. The van der Waals surface area contributed by atoms with Gasteiger partial charge in [0.1, 0.15) is 5.82 Å². The van der Waals surface area contributed by atoms with Gasteiger partial charge in [0.2, 0.25) is 5.91 Å². The average molecular weight is 341 g/mol. The van der Waals surface area contributed by atoms with E-state index in [0.29, 0.717) is 15.7 Å². The van der Waals surface area contributed by atoms with Gasteiger partial charge in [-0.05, 0) is 36.4 Å². The fourth-order valence-electron chi connectivity index (χ4n) is 1.67. The van der Waals surface area contributed by atoms with Crippen molar-refractivity contribution in [2.24, 2.45) is 0 Å². The second kappa shape index (κ2) is 7.24. The number of amides is 2. The van der Waals surface area contributed by atoms with Crippen molar-refractivity contribution in [3.8, 4) is 0 Å². The minimum Gasteiger partial charge on any atom is -0.343 e. The number of carbonyl (C=O) groups is 2. The van der Waals surface area contributed by atoms with Crippen molar-refractivity contribution in [3.05, 3.63) is 63.9 Å². The van der Waals surface area contributed by atoms with E-state index < -0.39 is 17.6 Å². The van der Waals surface area contributed by atoms with Crippen molar-refractivity contribution in [2.75, 3.05) is 11.9 Å². The number of carbonyl (C=O) groups excluding carboxylic acids is 2. The van der Waals surface area contributed by atoms with Crippen LogP contribution in [0.5, 0.6) is 0 Å². The van der Waals surface area contributed by atoms with Crippen molar-refractivity contribution >= 4 is 40.7 Å². The number of anilines is 1. The Bertz CT molecular complexity index is 722. The predicted octanol–water partition coefficient (Wildman–Crippen LogP) is 3.50. The Morgan fingerprint density at radius 1 is 1.05 bits per heavy atom. The van der Waals surface area contributed by atoms with Crippen molar-refractivity contribution < 1.29 is 14.0 Å². The van der Waals surface area contributed by atoms with Gasteiger partial charge in [-0.15, -0.1) is 0 Å². The van der Waals surface area contributed by atoms with E-state index in [-0.39, 0.29) is 12.1 Å². The van der Waals surface area contributed by atoms with E-state index in [1.807, 2.05) is 0 Å². The van der Waals surface area contributed by atoms with Gasteiger partial charge in [0.25, 0.3) is 5.91 Å². The molecule has 0 unspecified atom stereocenters. The summed E-state index contributed by atoms with van der Waals surface area (Å²) in [4.78, 5) is 23.5. The fourth-order valence-corrected chi connectivity index (χ4v) is 1.97. The van der Waals surface area contributed by atoms with E-state index in [9.17, 15) is 14.0 Å². The molecule has 0 heterocycles. The Kier molecular flexibility index (Phi) is 5.35. The largest absolute Gasteiger partial charge is 0.343 e. The lowest BCUT2D eigenvalue weighted by Crippen LogP contribution is -2.32. The SMILES string of the molecule is O=C(CNC(=O)c1cccc(F)c1)Nc1ccc(Cl)c(Cl)c1. The highest BCUT2D eigenvalue weighted by atomic mass is 35.5. The number of nitrogens with one attached hydrogen (secondary N) is 2. The van der Waals surface area contributed by atoms with Crippen LogP contribution in [0.3, 0.4) is 0 Å². The first-order chi connectivity index (χ1) is 10.5. The zero-order valence-electron chi connectivity index (χ0n) is 11.2. The molecule has 0 aliphatic heterocycles. The molecule has 0 aliphatic rings. The third kappa shape index (κ3) is 4.44. The van der Waals surface area contributed by atoms with Gasteiger partial charge >= 0.3 is 0 Å². The molecule has 22 heavy (non-hydrogen) atoms. The highest BCUT2D eigenvalue weighted by molar-refractivity contribution is 6.42. The van der Waals surface area contributed by atoms with Crippen LogP contribution in [0.1, 0.15) is 10.4 Å². The highest BCUT2D eigenvalue weighted by Crippen LogP contribution is 2.24. The van der Waals surface area contributed by atoms with E-state index in [1.54, 1.807) is 12.1 Å². The molecule has 7 heteroatoms. The molecule has 0 saturated carbocycles. The summed E-state index contributed by atoms with van der Waals surface area (Å²) in [7, 11) is 0.